The van der Waals surface area contributed by atoms with Gasteiger partial charge in [0.25, 0.3) is 0 Å². The molecule has 0 radical (unpaired) electrons. The fourth-order valence-electron chi connectivity index (χ4n) is 7.64. The molecule has 4 rings (SSSR count). The molecule has 8 atom stereocenters. The quantitative estimate of drug-likeness (QED) is 0.660. The Hall–Kier alpha value is -1.60. The molecule has 7 heteroatoms. The third-order valence-electron chi connectivity index (χ3n) is 9.37. The first kappa shape index (κ1) is 22.6. The highest BCUT2D eigenvalue weighted by atomic mass is 19.1. The van der Waals surface area contributed by atoms with E-state index in [1.165, 1.54) is 6.92 Å². The van der Waals surface area contributed by atoms with Crippen LogP contribution in [0.25, 0.3) is 0 Å². The Morgan fingerprint density at radius 3 is 2.55 bits per heavy atom. The second kappa shape index (κ2) is 6.95. The molecule has 4 aliphatic rings. The Kier molecular flexibility index (Phi) is 5.06. The summed E-state index contributed by atoms with van der Waals surface area (Å²) in [6.45, 7) is 6.06. The summed E-state index contributed by atoms with van der Waals surface area (Å²) < 4.78 is 22.0. The molecular formula is C24H33FO6. The molecule has 8 unspecified atom stereocenters. The van der Waals surface area contributed by atoms with Gasteiger partial charge < -0.3 is 14.9 Å². The summed E-state index contributed by atoms with van der Waals surface area (Å²) in [7, 11) is 0. The molecule has 0 aromatic carbocycles. The Labute approximate surface area is 182 Å². The molecule has 0 saturated heterocycles. The second-order valence-corrected chi connectivity index (χ2v) is 10.8. The van der Waals surface area contributed by atoms with Gasteiger partial charge in [0.15, 0.2) is 12.4 Å². The molecule has 0 bridgehead atoms. The van der Waals surface area contributed by atoms with Gasteiger partial charge in [-0.25, -0.2) is 4.39 Å². The van der Waals surface area contributed by atoms with Crippen molar-refractivity contribution in [1.82, 2.24) is 0 Å². The predicted octanol–water partition coefficient (Wildman–Crippen LogP) is 2.69. The Morgan fingerprint density at radius 1 is 1.23 bits per heavy atom. The van der Waals surface area contributed by atoms with Gasteiger partial charge in [0.1, 0.15) is 11.3 Å². The van der Waals surface area contributed by atoms with Gasteiger partial charge in [-0.1, -0.05) is 26.3 Å². The van der Waals surface area contributed by atoms with E-state index in [1.807, 2.05) is 6.92 Å². The van der Waals surface area contributed by atoms with E-state index in [0.717, 1.165) is 5.57 Å². The number of ether oxygens (including phenoxy) is 1. The van der Waals surface area contributed by atoms with Crippen LogP contribution < -0.4 is 0 Å². The van der Waals surface area contributed by atoms with Gasteiger partial charge in [-0.05, 0) is 50.5 Å². The molecule has 0 aromatic rings. The van der Waals surface area contributed by atoms with Crippen molar-refractivity contribution in [3.05, 3.63) is 11.6 Å². The fraction of sp³-hybridized carbons (Fsp3) is 0.792. The van der Waals surface area contributed by atoms with Crippen LogP contribution in [0.5, 0.6) is 0 Å². The molecule has 0 heterocycles. The molecule has 6 nitrogen and oxygen atoms in total. The van der Waals surface area contributed by atoms with E-state index in [4.69, 9.17) is 4.74 Å². The molecule has 0 amide bonds. The van der Waals surface area contributed by atoms with Gasteiger partial charge in [-0.2, -0.15) is 0 Å². The van der Waals surface area contributed by atoms with Gasteiger partial charge in [0.2, 0.25) is 5.78 Å². The molecule has 0 aromatic heterocycles. The number of esters is 1. The zero-order chi connectivity index (χ0) is 23.0. The standard InChI is InChI=1S/C24H33FO6/c1-13-10-21(3)15(9-18(13)27)5-6-17-16-7-8-23(30,20(29)12-31-14(2)26)22(16,4)11-19(28)24(17,21)25/h9,13,16-17,19,28,30H,5-8,10-12H2,1-4H3. The van der Waals surface area contributed by atoms with Crippen LogP contribution in [0.1, 0.15) is 66.2 Å². The van der Waals surface area contributed by atoms with Crippen LogP contribution in [0.3, 0.4) is 0 Å². The molecule has 3 fully saturated rings. The predicted molar refractivity (Wildman–Crippen MR) is 110 cm³/mol. The van der Waals surface area contributed by atoms with Gasteiger partial charge in [0, 0.05) is 29.6 Å². The van der Waals surface area contributed by atoms with Crippen molar-refractivity contribution in [3.63, 3.8) is 0 Å². The number of hydrogen-bond acceptors (Lipinski definition) is 6. The van der Waals surface area contributed by atoms with E-state index in [0.29, 0.717) is 25.7 Å². The summed E-state index contributed by atoms with van der Waals surface area (Å²) in [5.74, 6) is -2.32. The van der Waals surface area contributed by atoms with Crippen LogP contribution in [-0.4, -0.2) is 51.7 Å². The monoisotopic (exact) mass is 436 g/mol. The summed E-state index contributed by atoms with van der Waals surface area (Å²) in [6.07, 6.45) is 2.15. The first-order valence-electron chi connectivity index (χ1n) is 11.3. The Balaban J connectivity index is 1.72. The normalized spacial score (nSPS) is 48.9. The number of carbonyl (C=O) groups is 3. The molecule has 172 valence electrons. The zero-order valence-corrected chi connectivity index (χ0v) is 18.7. The van der Waals surface area contributed by atoms with Gasteiger partial charge in [-0.15, -0.1) is 0 Å². The minimum Gasteiger partial charge on any atom is -0.458 e. The summed E-state index contributed by atoms with van der Waals surface area (Å²) in [5, 5.41) is 22.7. The van der Waals surface area contributed by atoms with E-state index in [9.17, 15) is 24.6 Å². The number of ketones is 2. The molecule has 4 aliphatic carbocycles. The number of rotatable bonds is 3. The van der Waals surface area contributed by atoms with Crippen LogP contribution >= 0.6 is 0 Å². The van der Waals surface area contributed by atoms with E-state index >= 15 is 4.39 Å². The summed E-state index contributed by atoms with van der Waals surface area (Å²) in [5.41, 5.74) is -4.90. The average molecular weight is 437 g/mol. The molecule has 0 aliphatic heterocycles. The summed E-state index contributed by atoms with van der Waals surface area (Å²) in [6, 6.07) is 0. The number of carbonyl (C=O) groups excluding carboxylic acids is 3. The maximum Gasteiger partial charge on any atom is 0.303 e. The summed E-state index contributed by atoms with van der Waals surface area (Å²) in [4.78, 5) is 36.3. The van der Waals surface area contributed by atoms with E-state index < -0.39 is 52.5 Å². The Bertz CT molecular complexity index is 868. The first-order valence-corrected chi connectivity index (χ1v) is 11.3. The number of Topliss-reactive ketones (excluding diaryl/α,β-unsaturated/α-hetero) is 1. The van der Waals surface area contributed by atoms with Crippen LogP contribution in [0.15, 0.2) is 11.6 Å². The third kappa shape index (κ3) is 2.78. The van der Waals surface area contributed by atoms with Gasteiger partial charge in [0.05, 0.1) is 6.10 Å². The highest BCUT2D eigenvalue weighted by Crippen LogP contribution is 2.70. The van der Waals surface area contributed by atoms with Gasteiger partial charge in [-0.3, -0.25) is 14.4 Å². The zero-order valence-electron chi connectivity index (χ0n) is 18.7. The van der Waals surface area contributed by atoms with Crippen molar-refractivity contribution in [3.8, 4) is 0 Å². The van der Waals surface area contributed by atoms with Crippen LogP contribution in [0.4, 0.5) is 4.39 Å². The van der Waals surface area contributed by atoms with Gasteiger partial charge >= 0.3 is 5.97 Å². The number of aliphatic hydroxyl groups excluding tert-OH is 1. The lowest BCUT2D eigenvalue weighted by molar-refractivity contribution is -0.228. The van der Waals surface area contributed by atoms with Crippen molar-refractivity contribution in [2.45, 2.75) is 83.6 Å². The number of alkyl halides is 1. The number of fused-ring (bicyclic) bond motifs is 5. The van der Waals surface area contributed by atoms with Crippen molar-refractivity contribution < 1.29 is 33.7 Å². The summed E-state index contributed by atoms with van der Waals surface area (Å²) >= 11 is 0. The maximum absolute atomic E-state index is 17.1. The lowest BCUT2D eigenvalue weighted by atomic mass is 9.43. The van der Waals surface area contributed by atoms with Crippen molar-refractivity contribution >= 4 is 17.5 Å². The fourth-order valence-corrected chi connectivity index (χ4v) is 7.64. The van der Waals surface area contributed by atoms with Crippen molar-refractivity contribution in [2.75, 3.05) is 6.61 Å². The maximum atomic E-state index is 17.1. The SMILES string of the molecule is CC(=O)OCC(=O)C1(O)CCC2C3CCC4=CC(=O)C(C)CC4(C)C3(F)C(O)CC21C. The Morgan fingerprint density at radius 2 is 1.90 bits per heavy atom. The number of hydrogen-bond donors (Lipinski definition) is 2. The highest BCUT2D eigenvalue weighted by Gasteiger charge is 2.74. The minimum atomic E-state index is -1.93. The lowest BCUT2D eigenvalue weighted by Crippen LogP contribution is -2.69. The van der Waals surface area contributed by atoms with E-state index in [-0.39, 0.29) is 30.5 Å². The van der Waals surface area contributed by atoms with E-state index in [2.05, 4.69) is 0 Å². The van der Waals surface area contributed by atoms with E-state index in [1.54, 1.807) is 19.9 Å². The lowest BCUT2D eigenvalue weighted by Gasteiger charge is -2.63. The van der Waals surface area contributed by atoms with Crippen molar-refractivity contribution in [2.24, 2.45) is 28.6 Å². The largest absolute Gasteiger partial charge is 0.458 e. The molecule has 0 spiro atoms. The minimum absolute atomic E-state index is 0.0102. The molecule has 31 heavy (non-hydrogen) atoms. The van der Waals surface area contributed by atoms with Crippen molar-refractivity contribution in [1.29, 1.82) is 0 Å². The third-order valence-corrected chi connectivity index (χ3v) is 9.37. The number of halogens is 1. The van der Waals surface area contributed by atoms with Crippen LogP contribution in [-0.2, 0) is 19.1 Å². The second-order valence-electron chi connectivity index (χ2n) is 10.8. The highest BCUT2D eigenvalue weighted by molar-refractivity contribution is 5.93. The topological polar surface area (TPSA) is 101 Å². The van der Waals surface area contributed by atoms with Crippen LogP contribution in [0.2, 0.25) is 0 Å². The first-order chi connectivity index (χ1) is 14.3. The number of allylic oxidation sites excluding steroid dienone is 1. The van der Waals surface area contributed by atoms with Crippen LogP contribution in [0, 0.1) is 28.6 Å². The average Bonchev–Trinajstić information content (AvgIpc) is 2.94. The molecule has 2 N–H and O–H groups in total. The molecular weight excluding hydrogens is 403 g/mol. The smallest absolute Gasteiger partial charge is 0.303 e. The number of aliphatic hydroxyl groups is 2. The molecule has 3 saturated carbocycles.